The molecule has 15 heavy (non-hydrogen) atoms. The largest absolute Gasteiger partial charge is 0.377 e. The number of hydrogen-bond acceptors (Lipinski definition) is 3. The summed E-state index contributed by atoms with van der Waals surface area (Å²) in [7, 11) is 0. The highest BCUT2D eigenvalue weighted by Crippen LogP contribution is 2.32. The van der Waals surface area contributed by atoms with Gasteiger partial charge in [0.15, 0.2) is 0 Å². The Morgan fingerprint density at radius 3 is 3.07 bits per heavy atom. The predicted octanol–water partition coefficient (Wildman–Crippen LogP) is 2.83. The Hall–Kier alpha value is -0.980. The van der Waals surface area contributed by atoms with E-state index in [1.807, 2.05) is 30.0 Å². The first-order valence-corrected chi connectivity index (χ1v) is 5.96. The van der Waals surface area contributed by atoms with Gasteiger partial charge in [-0.3, -0.25) is 0 Å². The normalized spacial score (nSPS) is 25.1. The average molecular weight is 219 g/mol. The van der Waals surface area contributed by atoms with E-state index in [4.69, 9.17) is 10.00 Å². The molecule has 1 aromatic carbocycles. The molecule has 0 N–H and O–H groups in total. The lowest BCUT2D eigenvalue weighted by atomic mass is 10.2. The molecule has 0 radical (unpaired) electrons. The predicted molar refractivity (Wildman–Crippen MR) is 60.8 cm³/mol. The van der Waals surface area contributed by atoms with Crippen molar-refractivity contribution >= 4 is 11.8 Å². The van der Waals surface area contributed by atoms with Crippen molar-refractivity contribution in [3.8, 4) is 6.07 Å². The molecule has 2 rings (SSSR count). The van der Waals surface area contributed by atoms with Crippen LogP contribution in [-0.2, 0) is 4.74 Å². The molecule has 2 nitrogen and oxygen atoms in total. The SMILES string of the molecule is CC1OCCC1Sc1cccc(C#N)c1. The molecule has 1 aliphatic heterocycles. The van der Waals surface area contributed by atoms with Gasteiger partial charge in [0.2, 0.25) is 0 Å². The second kappa shape index (κ2) is 4.69. The number of thioether (sulfide) groups is 1. The van der Waals surface area contributed by atoms with Gasteiger partial charge in [0, 0.05) is 16.8 Å². The number of nitrogens with zero attached hydrogens (tertiary/aromatic N) is 1. The minimum atomic E-state index is 0.320. The third-order valence-corrected chi connectivity index (χ3v) is 4.01. The van der Waals surface area contributed by atoms with Crippen LogP contribution < -0.4 is 0 Å². The Kier molecular flexibility index (Phi) is 3.30. The van der Waals surface area contributed by atoms with E-state index in [9.17, 15) is 0 Å². The van der Waals surface area contributed by atoms with Gasteiger partial charge in [-0.25, -0.2) is 0 Å². The van der Waals surface area contributed by atoms with Crippen LogP contribution >= 0.6 is 11.8 Å². The van der Waals surface area contributed by atoms with Crippen molar-refractivity contribution in [1.82, 2.24) is 0 Å². The summed E-state index contributed by atoms with van der Waals surface area (Å²) in [6.45, 7) is 2.97. The third kappa shape index (κ3) is 2.53. The summed E-state index contributed by atoms with van der Waals surface area (Å²) < 4.78 is 5.51. The maximum Gasteiger partial charge on any atom is 0.0992 e. The maximum absolute atomic E-state index is 8.79. The van der Waals surface area contributed by atoms with Gasteiger partial charge in [-0.2, -0.15) is 5.26 Å². The number of hydrogen-bond donors (Lipinski definition) is 0. The quantitative estimate of drug-likeness (QED) is 0.766. The molecule has 3 heteroatoms. The molecule has 2 unspecified atom stereocenters. The van der Waals surface area contributed by atoms with E-state index in [1.165, 1.54) is 0 Å². The van der Waals surface area contributed by atoms with Gasteiger partial charge >= 0.3 is 0 Å². The molecule has 1 aliphatic rings. The van der Waals surface area contributed by atoms with Crippen LogP contribution in [-0.4, -0.2) is 18.0 Å². The van der Waals surface area contributed by atoms with Crippen LogP contribution in [0, 0.1) is 11.3 Å². The first-order chi connectivity index (χ1) is 7.29. The molecule has 0 bridgehead atoms. The second-order valence-corrected chi connectivity index (χ2v) is 4.97. The lowest BCUT2D eigenvalue weighted by Gasteiger charge is -2.13. The van der Waals surface area contributed by atoms with Gasteiger partial charge in [-0.1, -0.05) is 6.07 Å². The summed E-state index contributed by atoms with van der Waals surface area (Å²) in [4.78, 5) is 1.16. The summed E-state index contributed by atoms with van der Waals surface area (Å²) in [5, 5.41) is 9.32. The van der Waals surface area contributed by atoms with Crippen LogP contribution in [0.3, 0.4) is 0 Å². The first-order valence-electron chi connectivity index (χ1n) is 5.08. The van der Waals surface area contributed by atoms with Gasteiger partial charge < -0.3 is 4.74 Å². The van der Waals surface area contributed by atoms with E-state index in [0.717, 1.165) is 23.5 Å². The number of ether oxygens (including phenoxy) is 1. The van der Waals surface area contributed by atoms with Crippen molar-refractivity contribution in [2.75, 3.05) is 6.61 Å². The molecule has 1 heterocycles. The molecule has 0 saturated carbocycles. The van der Waals surface area contributed by atoms with Crippen LogP contribution in [0.15, 0.2) is 29.2 Å². The van der Waals surface area contributed by atoms with Crippen LogP contribution in [0.1, 0.15) is 18.9 Å². The molecule has 0 aliphatic carbocycles. The van der Waals surface area contributed by atoms with E-state index >= 15 is 0 Å². The average Bonchev–Trinajstić information content (AvgIpc) is 2.65. The fourth-order valence-corrected chi connectivity index (χ4v) is 2.87. The van der Waals surface area contributed by atoms with Crippen LogP contribution in [0.2, 0.25) is 0 Å². The highest BCUT2D eigenvalue weighted by molar-refractivity contribution is 8.00. The Morgan fingerprint density at radius 1 is 1.53 bits per heavy atom. The summed E-state index contributed by atoms with van der Waals surface area (Å²) in [5.41, 5.74) is 0.728. The molecule has 1 saturated heterocycles. The molecule has 78 valence electrons. The Balaban J connectivity index is 2.07. The van der Waals surface area contributed by atoms with Crippen LogP contribution in [0.5, 0.6) is 0 Å². The molecule has 0 amide bonds. The minimum absolute atomic E-state index is 0.320. The zero-order chi connectivity index (χ0) is 10.7. The summed E-state index contributed by atoms with van der Waals surface area (Å²) >= 11 is 1.81. The van der Waals surface area contributed by atoms with E-state index in [-0.39, 0.29) is 0 Å². The zero-order valence-corrected chi connectivity index (χ0v) is 9.46. The molecule has 1 fully saturated rings. The minimum Gasteiger partial charge on any atom is -0.377 e. The van der Waals surface area contributed by atoms with Crippen molar-refractivity contribution in [2.45, 2.75) is 29.6 Å². The monoisotopic (exact) mass is 219 g/mol. The standard InChI is InChI=1S/C12H13NOS/c1-9-12(5-6-14-9)15-11-4-2-3-10(7-11)8-13/h2-4,7,9,12H,5-6H2,1H3. The van der Waals surface area contributed by atoms with Gasteiger partial charge in [0.1, 0.15) is 0 Å². The summed E-state index contributed by atoms with van der Waals surface area (Å²) in [6, 6.07) is 9.92. The fourth-order valence-electron chi connectivity index (χ4n) is 1.68. The third-order valence-electron chi connectivity index (χ3n) is 2.56. The Labute approximate surface area is 94.2 Å². The lowest BCUT2D eigenvalue weighted by Crippen LogP contribution is -2.12. The molecule has 0 spiro atoms. The van der Waals surface area contributed by atoms with Crippen molar-refractivity contribution in [1.29, 1.82) is 5.26 Å². The van der Waals surface area contributed by atoms with Gasteiger partial charge in [0.05, 0.1) is 17.7 Å². The number of nitriles is 1. The van der Waals surface area contributed by atoms with Crippen LogP contribution in [0.4, 0.5) is 0 Å². The van der Waals surface area contributed by atoms with E-state index in [0.29, 0.717) is 11.4 Å². The highest BCUT2D eigenvalue weighted by atomic mass is 32.2. The smallest absolute Gasteiger partial charge is 0.0992 e. The maximum atomic E-state index is 8.79. The molecular weight excluding hydrogens is 206 g/mol. The number of rotatable bonds is 2. The molecular formula is C12H13NOS. The van der Waals surface area contributed by atoms with E-state index in [2.05, 4.69) is 19.1 Å². The zero-order valence-electron chi connectivity index (χ0n) is 8.64. The van der Waals surface area contributed by atoms with Gasteiger partial charge in [0.25, 0.3) is 0 Å². The Morgan fingerprint density at radius 2 is 2.40 bits per heavy atom. The lowest BCUT2D eigenvalue weighted by molar-refractivity contribution is 0.127. The van der Waals surface area contributed by atoms with Gasteiger partial charge in [-0.15, -0.1) is 11.8 Å². The van der Waals surface area contributed by atoms with Crippen molar-refractivity contribution in [2.24, 2.45) is 0 Å². The first kappa shape index (κ1) is 10.5. The molecule has 2 atom stereocenters. The summed E-state index contributed by atoms with van der Waals surface area (Å²) in [5.74, 6) is 0. The fraction of sp³-hybridized carbons (Fsp3) is 0.417. The molecule has 1 aromatic rings. The van der Waals surface area contributed by atoms with Crippen LogP contribution in [0.25, 0.3) is 0 Å². The second-order valence-electron chi connectivity index (χ2n) is 3.66. The summed E-state index contributed by atoms with van der Waals surface area (Å²) in [6.07, 6.45) is 1.42. The topological polar surface area (TPSA) is 33.0 Å². The van der Waals surface area contributed by atoms with Crippen molar-refractivity contribution in [3.63, 3.8) is 0 Å². The van der Waals surface area contributed by atoms with Crippen molar-refractivity contribution in [3.05, 3.63) is 29.8 Å². The van der Waals surface area contributed by atoms with Crippen molar-refractivity contribution < 1.29 is 4.74 Å². The molecule has 0 aromatic heterocycles. The van der Waals surface area contributed by atoms with E-state index in [1.54, 1.807) is 0 Å². The number of benzene rings is 1. The van der Waals surface area contributed by atoms with E-state index < -0.39 is 0 Å². The highest BCUT2D eigenvalue weighted by Gasteiger charge is 2.24. The Bertz CT molecular complexity index is 385. The van der Waals surface area contributed by atoms with Gasteiger partial charge in [-0.05, 0) is 31.5 Å².